The van der Waals surface area contributed by atoms with Gasteiger partial charge in [-0.25, -0.2) is 17.8 Å². The van der Waals surface area contributed by atoms with Crippen molar-refractivity contribution >= 4 is 32.8 Å². The van der Waals surface area contributed by atoms with Crippen molar-refractivity contribution in [2.24, 2.45) is 0 Å². The van der Waals surface area contributed by atoms with Crippen LogP contribution in [0.3, 0.4) is 0 Å². The molecule has 4 heterocycles. The number of hydrogen-bond donors (Lipinski definition) is 1. The van der Waals surface area contributed by atoms with Gasteiger partial charge < -0.3 is 19.5 Å². The van der Waals surface area contributed by atoms with E-state index in [9.17, 15) is 18.3 Å². The standard InChI is InChI=1S/C26H32N4O6S/c1-26(2,3)36-25(32)30-20-9-6-5-8-17(20)14-21(30)19-15-22(37(33,34)29-11-7-12-29)24(35-4)27-23(19)28-13-10-18(31)16-28/h5-6,8-9,14-15,18,31H,7,10-13,16H2,1-4H3/t18-/m0/s1. The van der Waals surface area contributed by atoms with E-state index < -0.39 is 27.8 Å². The smallest absolute Gasteiger partial charge is 0.419 e. The number of β-amino-alcohol motifs (C(OH)–C–C–N with tert-alkyl or cyclic N) is 1. The van der Waals surface area contributed by atoms with Crippen molar-refractivity contribution in [3.8, 4) is 17.1 Å². The molecular weight excluding hydrogens is 496 g/mol. The number of methoxy groups -OCH3 is 1. The maximum atomic E-state index is 13.5. The maximum Gasteiger partial charge on any atom is 0.419 e. The van der Waals surface area contributed by atoms with Crippen LogP contribution in [0.5, 0.6) is 5.88 Å². The lowest BCUT2D eigenvalue weighted by molar-refractivity contribution is 0.0547. The van der Waals surface area contributed by atoms with Crippen molar-refractivity contribution in [1.29, 1.82) is 0 Å². The van der Waals surface area contributed by atoms with Gasteiger partial charge in [-0.1, -0.05) is 18.2 Å². The van der Waals surface area contributed by atoms with Gasteiger partial charge in [-0.05, 0) is 51.8 Å². The van der Waals surface area contributed by atoms with E-state index in [-0.39, 0.29) is 10.8 Å². The molecule has 0 spiro atoms. The summed E-state index contributed by atoms with van der Waals surface area (Å²) < 4.78 is 41.0. The summed E-state index contributed by atoms with van der Waals surface area (Å²) in [5, 5.41) is 11.0. The summed E-state index contributed by atoms with van der Waals surface area (Å²) in [7, 11) is -2.48. The van der Waals surface area contributed by atoms with Gasteiger partial charge in [-0.15, -0.1) is 0 Å². The molecule has 2 aromatic heterocycles. The Balaban J connectivity index is 1.78. The number of para-hydroxylation sites is 1. The van der Waals surface area contributed by atoms with E-state index in [2.05, 4.69) is 4.98 Å². The Morgan fingerprint density at radius 1 is 1.14 bits per heavy atom. The van der Waals surface area contributed by atoms with E-state index in [1.165, 1.54) is 22.0 Å². The highest BCUT2D eigenvalue weighted by atomic mass is 32.2. The molecule has 10 nitrogen and oxygen atoms in total. The lowest BCUT2D eigenvalue weighted by atomic mass is 10.1. The SMILES string of the molecule is COc1nc(N2CC[C@H](O)C2)c(-c2cc3ccccc3n2C(=O)OC(C)(C)C)cc1S(=O)(=O)N1CCC1. The zero-order valence-corrected chi connectivity index (χ0v) is 22.3. The number of carbonyl (C=O) groups is 1. The molecule has 1 N–H and O–H groups in total. The molecule has 0 aliphatic carbocycles. The number of ether oxygens (including phenoxy) is 2. The highest BCUT2D eigenvalue weighted by Crippen LogP contribution is 2.41. The molecule has 5 rings (SSSR count). The second-order valence-electron chi connectivity index (χ2n) is 10.4. The average Bonchev–Trinajstić information content (AvgIpc) is 3.39. The zero-order valence-electron chi connectivity index (χ0n) is 21.5. The quantitative estimate of drug-likeness (QED) is 0.536. The van der Waals surface area contributed by atoms with Gasteiger partial charge in [0.2, 0.25) is 15.9 Å². The van der Waals surface area contributed by atoms with Crippen LogP contribution in [-0.2, 0) is 14.8 Å². The molecule has 1 aromatic carbocycles. The van der Waals surface area contributed by atoms with Gasteiger partial charge in [0.25, 0.3) is 0 Å². The van der Waals surface area contributed by atoms with Crippen LogP contribution in [0.25, 0.3) is 22.2 Å². The van der Waals surface area contributed by atoms with Crippen LogP contribution in [0.15, 0.2) is 41.3 Å². The second kappa shape index (κ2) is 9.30. The zero-order chi connectivity index (χ0) is 26.5. The minimum Gasteiger partial charge on any atom is -0.480 e. The second-order valence-corrected chi connectivity index (χ2v) is 12.3. The first kappa shape index (κ1) is 25.5. The van der Waals surface area contributed by atoms with Gasteiger partial charge in [-0.2, -0.15) is 9.29 Å². The highest BCUT2D eigenvalue weighted by Gasteiger charge is 2.36. The minimum atomic E-state index is -3.87. The number of sulfonamides is 1. The van der Waals surface area contributed by atoms with E-state index in [0.29, 0.717) is 55.2 Å². The molecule has 198 valence electrons. The molecule has 11 heteroatoms. The van der Waals surface area contributed by atoms with Gasteiger partial charge in [0.1, 0.15) is 16.3 Å². The summed E-state index contributed by atoms with van der Waals surface area (Å²) in [6.45, 7) is 7.08. The molecule has 2 aliphatic heterocycles. The summed E-state index contributed by atoms with van der Waals surface area (Å²) in [5.74, 6) is 0.413. The molecule has 37 heavy (non-hydrogen) atoms. The fourth-order valence-electron chi connectivity index (χ4n) is 4.69. The third-order valence-electron chi connectivity index (χ3n) is 6.59. The van der Waals surface area contributed by atoms with Crippen molar-refractivity contribution in [2.75, 3.05) is 38.2 Å². The van der Waals surface area contributed by atoms with Crippen molar-refractivity contribution in [1.82, 2.24) is 13.9 Å². The van der Waals surface area contributed by atoms with Gasteiger partial charge in [0, 0.05) is 37.1 Å². The highest BCUT2D eigenvalue weighted by molar-refractivity contribution is 7.89. The predicted molar refractivity (Wildman–Crippen MR) is 140 cm³/mol. The van der Waals surface area contributed by atoms with Gasteiger partial charge in [-0.3, -0.25) is 0 Å². The van der Waals surface area contributed by atoms with Gasteiger partial charge >= 0.3 is 6.09 Å². The summed E-state index contributed by atoms with van der Waals surface area (Å²) in [4.78, 5) is 20.0. The van der Waals surface area contributed by atoms with Crippen molar-refractivity contribution in [2.45, 2.75) is 50.2 Å². The summed E-state index contributed by atoms with van der Waals surface area (Å²) in [5.41, 5.74) is 0.770. The Bertz CT molecular complexity index is 1460. The molecule has 0 bridgehead atoms. The molecule has 2 fully saturated rings. The topological polar surface area (TPSA) is 114 Å². The van der Waals surface area contributed by atoms with E-state index in [1.807, 2.05) is 35.2 Å². The van der Waals surface area contributed by atoms with E-state index >= 15 is 0 Å². The first-order valence-electron chi connectivity index (χ1n) is 12.4. The summed E-state index contributed by atoms with van der Waals surface area (Å²) in [6, 6.07) is 10.8. The first-order chi connectivity index (χ1) is 17.5. The number of pyridine rings is 1. The Hall–Kier alpha value is -3.15. The number of fused-ring (bicyclic) bond motifs is 1. The van der Waals surface area contributed by atoms with Crippen LogP contribution in [0.1, 0.15) is 33.6 Å². The van der Waals surface area contributed by atoms with Gasteiger partial charge in [0.05, 0.1) is 24.4 Å². The fraction of sp³-hybridized carbons (Fsp3) is 0.462. The minimum absolute atomic E-state index is 0.0213. The monoisotopic (exact) mass is 528 g/mol. The molecular formula is C26H32N4O6S. The largest absolute Gasteiger partial charge is 0.480 e. The number of aliphatic hydroxyl groups is 1. The van der Waals surface area contributed by atoms with Crippen LogP contribution >= 0.6 is 0 Å². The summed E-state index contributed by atoms with van der Waals surface area (Å²) >= 11 is 0. The lowest BCUT2D eigenvalue weighted by Gasteiger charge is -2.31. The molecule has 0 radical (unpaired) electrons. The van der Waals surface area contributed by atoms with Crippen molar-refractivity contribution in [3.05, 3.63) is 36.4 Å². The first-order valence-corrected chi connectivity index (χ1v) is 13.8. The molecule has 3 aromatic rings. The molecule has 1 atom stereocenters. The third kappa shape index (κ3) is 4.67. The van der Waals surface area contributed by atoms with Crippen LogP contribution in [0.2, 0.25) is 0 Å². The van der Waals surface area contributed by atoms with E-state index in [0.717, 1.165) is 11.8 Å². The van der Waals surface area contributed by atoms with Gasteiger partial charge in [0.15, 0.2) is 0 Å². The average molecular weight is 529 g/mol. The van der Waals surface area contributed by atoms with Crippen LogP contribution in [0.4, 0.5) is 10.6 Å². The predicted octanol–water partition coefficient (Wildman–Crippen LogP) is 3.46. The molecule has 2 saturated heterocycles. The number of rotatable bonds is 5. The van der Waals surface area contributed by atoms with E-state index in [4.69, 9.17) is 9.47 Å². The lowest BCUT2D eigenvalue weighted by Crippen LogP contribution is -2.42. The molecule has 0 saturated carbocycles. The Morgan fingerprint density at radius 3 is 2.46 bits per heavy atom. The number of carbonyl (C=O) groups excluding carboxylic acids is 1. The van der Waals surface area contributed by atoms with Crippen LogP contribution in [-0.4, -0.2) is 78.5 Å². The van der Waals surface area contributed by atoms with Crippen molar-refractivity contribution < 1.29 is 27.8 Å². The number of aromatic nitrogens is 2. The maximum absolute atomic E-state index is 13.5. The van der Waals surface area contributed by atoms with E-state index in [1.54, 1.807) is 20.8 Å². The number of anilines is 1. The number of aliphatic hydroxyl groups excluding tert-OH is 1. The summed E-state index contributed by atoms with van der Waals surface area (Å²) in [6.07, 6.45) is 0.214. The molecule has 0 amide bonds. The number of hydrogen-bond acceptors (Lipinski definition) is 8. The number of benzene rings is 1. The fourth-order valence-corrected chi connectivity index (χ4v) is 6.32. The Morgan fingerprint density at radius 2 is 1.86 bits per heavy atom. The van der Waals surface area contributed by atoms with Crippen molar-refractivity contribution in [3.63, 3.8) is 0 Å². The molecule has 2 aliphatic rings. The third-order valence-corrected chi connectivity index (χ3v) is 8.48. The van der Waals surface area contributed by atoms with Crippen LogP contribution < -0.4 is 9.64 Å². The molecule has 0 unspecified atom stereocenters. The Kier molecular flexibility index (Phi) is 6.41. The normalized spacial score (nSPS) is 18.7. The number of nitrogens with zero attached hydrogens (tertiary/aromatic N) is 4. The van der Waals surface area contributed by atoms with Crippen LogP contribution in [0, 0.1) is 0 Å². The Labute approximate surface area is 216 Å².